The molecule has 0 aliphatic rings. The van der Waals surface area contributed by atoms with E-state index in [0.29, 0.717) is 16.3 Å². The number of nitrogen functional groups attached to an aromatic ring is 1. The fraction of sp³-hybridized carbons (Fsp3) is 0.267. The van der Waals surface area contributed by atoms with Gasteiger partial charge in [-0.15, -0.1) is 0 Å². The van der Waals surface area contributed by atoms with Crippen LogP contribution in [0.1, 0.15) is 18.2 Å². The van der Waals surface area contributed by atoms with Crippen LogP contribution in [-0.4, -0.2) is 15.4 Å². The molecule has 0 bridgehead atoms. The number of hydrogen-bond acceptors (Lipinski definition) is 4. The average Bonchev–Trinajstić information content (AvgIpc) is 2.96. The van der Waals surface area contributed by atoms with Gasteiger partial charge in [0.05, 0.1) is 23.6 Å². The maximum Gasteiger partial charge on any atom is 0.236 e. The summed E-state index contributed by atoms with van der Waals surface area (Å²) in [5.41, 5.74) is 7.11. The van der Waals surface area contributed by atoms with Crippen LogP contribution in [0.5, 0.6) is 0 Å². The second kappa shape index (κ2) is 6.58. The number of amides is 1. The Balaban J connectivity index is 2.02. The summed E-state index contributed by atoms with van der Waals surface area (Å²) in [6, 6.07) is 8.67. The van der Waals surface area contributed by atoms with E-state index in [-0.39, 0.29) is 12.5 Å². The molecule has 2 aromatic rings. The van der Waals surface area contributed by atoms with Crippen LogP contribution in [0.15, 0.2) is 45.9 Å². The van der Waals surface area contributed by atoms with Gasteiger partial charge >= 0.3 is 0 Å². The first-order chi connectivity index (χ1) is 9.99. The minimum Gasteiger partial charge on any atom is -0.467 e. The largest absolute Gasteiger partial charge is 0.467 e. The molecule has 1 aromatic heterocycles. The highest BCUT2D eigenvalue weighted by atomic mass is 32.2. The van der Waals surface area contributed by atoms with Gasteiger partial charge in [0.2, 0.25) is 5.91 Å². The number of benzene rings is 1. The Bertz CT molecular complexity index is 653. The second-order valence-electron chi connectivity index (χ2n) is 4.76. The zero-order valence-electron chi connectivity index (χ0n) is 12.0. The Labute approximate surface area is 126 Å². The van der Waals surface area contributed by atoms with Gasteiger partial charge in [-0.3, -0.25) is 9.00 Å². The number of aryl methyl sites for hydroxylation is 1. The van der Waals surface area contributed by atoms with E-state index in [1.165, 1.54) is 0 Å². The van der Waals surface area contributed by atoms with Crippen molar-refractivity contribution in [3.63, 3.8) is 0 Å². The third-order valence-electron chi connectivity index (χ3n) is 3.12. The van der Waals surface area contributed by atoms with Gasteiger partial charge in [-0.25, -0.2) is 0 Å². The Morgan fingerprint density at radius 3 is 2.81 bits per heavy atom. The van der Waals surface area contributed by atoms with E-state index in [9.17, 15) is 9.00 Å². The lowest BCUT2D eigenvalue weighted by atomic mass is 10.2. The molecule has 2 atom stereocenters. The fourth-order valence-corrected chi connectivity index (χ4v) is 3.15. The van der Waals surface area contributed by atoms with Gasteiger partial charge in [0.1, 0.15) is 11.0 Å². The maximum absolute atomic E-state index is 12.5. The lowest BCUT2D eigenvalue weighted by Crippen LogP contribution is -2.35. The second-order valence-corrected chi connectivity index (χ2v) is 6.50. The highest BCUT2D eigenvalue weighted by molar-refractivity contribution is 7.86. The van der Waals surface area contributed by atoms with Crippen molar-refractivity contribution in [1.82, 2.24) is 5.32 Å². The van der Waals surface area contributed by atoms with E-state index in [0.717, 1.165) is 5.56 Å². The fourth-order valence-electron chi connectivity index (χ4n) is 1.92. The van der Waals surface area contributed by atoms with Crippen molar-refractivity contribution >= 4 is 22.4 Å². The van der Waals surface area contributed by atoms with Crippen molar-refractivity contribution < 1.29 is 13.4 Å². The molecule has 1 heterocycles. The van der Waals surface area contributed by atoms with Crippen LogP contribution in [0.3, 0.4) is 0 Å². The Morgan fingerprint density at radius 2 is 2.19 bits per heavy atom. The lowest BCUT2D eigenvalue weighted by molar-refractivity contribution is -0.120. The standard InChI is InChI=1S/C15H18N2O3S/c1-10-8-12(16)5-6-14(10)21(19)11(2)15(18)17-9-13-4-3-7-20-13/h3-8,11H,9,16H2,1-2H3,(H,17,18). The van der Waals surface area contributed by atoms with Crippen molar-refractivity contribution in [2.45, 2.75) is 30.5 Å². The highest BCUT2D eigenvalue weighted by Gasteiger charge is 2.22. The summed E-state index contributed by atoms with van der Waals surface area (Å²) in [4.78, 5) is 12.7. The van der Waals surface area contributed by atoms with Gasteiger partial charge in [0, 0.05) is 10.6 Å². The molecule has 6 heteroatoms. The average molecular weight is 306 g/mol. The van der Waals surface area contributed by atoms with Crippen LogP contribution in [-0.2, 0) is 22.1 Å². The summed E-state index contributed by atoms with van der Waals surface area (Å²) in [7, 11) is -1.42. The van der Waals surface area contributed by atoms with Crippen LogP contribution in [0.2, 0.25) is 0 Å². The summed E-state index contributed by atoms with van der Waals surface area (Å²) >= 11 is 0. The highest BCUT2D eigenvalue weighted by Crippen LogP contribution is 2.19. The molecular formula is C15H18N2O3S. The van der Waals surface area contributed by atoms with Crippen molar-refractivity contribution in [1.29, 1.82) is 0 Å². The van der Waals surface area contributed by atoms with Crippen LogP contribution in [0, 0.1) is 6.92 Å². The number of nitrogens with two attached hydrogens (primary N) is 1. The van der Waals surface area contributed by atoms with Crippen molar-refractivity contribution in [3.8, 4) is 0 Å². The molecule has 3 N–H and O–H groups in total. The number of nitrogens with one attached hydrogen (secondary N) is 1. The van der Waals surface area contributed by atoms with Crippen LogP contribution < -0.4 is 11.1 Å². The zero-order valence-corrected chi connectivity index (χ0v) is 12.8. The van der Waals surface area contributed by atoms with Crippen LogP contribution in [0.4, 0.5) is 5.69 Å². The summed E-state index contributed by atoms with van der Waals surface area (Å²) in [5, 5.41) is 2.07. The number of rotatable bonds is 5. The smallest absolute Gasteiger partial charge is 0.236 e. The first kappa shape index (κ1) is 15.3. The van der Waals surface area contributed by atoms with Crippen LogP contribution >= 0.6 is 0 Å². The van der Waals surface area contributed by atoms with Gasteiger partial charge in [0.15, 0.2) is 0 Å². The van der Waals surface area contributed by atoms with Crippen molar-refractivity contribution in [3.05, 3.63) is 47.9 Å². The van der Waals surface area contributed by atoms with Gasteiger partial charge in [0.25, 0.3) is 0 Å². The van der Waals surface area contributed by atoms with E-state index in [4.69, 9.17) is 10.2 Å². The molecule has 0 aliphatic carbocycles. The first-order valence-electron chi connectivity index (χ1n) is 6.56. The quantitative estimate of drug-likeness (QED) is 0.827. The minimum absolute atomic E-state index is 0.277. The molecule has 0 saturated carbocycles. The van der Waals surface area contributed by atoms with Crippen LogP contribution in [0.25, 0.3) is 0 Å². The number of carbonyl (C=O) groups excluding carboxylic acids is 1. The van der Waals surface area contributed by atoms with Gasteiger partial charge in [-0.1, -0.05) is 0 Å². The number of anilines is 1. The molecule has 21 heavy (non-hydrogen) atoms. The number of hydrogen-bond donors (Lipinski definition) is 2. The number of carbonyl (C=O) groups is 1. The molecule has 0 spiro atoms. The van der Waals surface area contributed by atoms with E-state index >= 15 is 0 Å². The van der Waals surface area contributed by atoms with E-state index in [2.05, 4.69) is 5.32 Å². The molecule has 2 unspecified atom stereocenters. The molecule has 0 saturated heterocycles. The molecule has 0 fully saturated rings. The number of furan rings is 1. The molecule has 2 rings (SSSR count). The molecule has 1 aromatic carbocycles. The van der Waals surface area contributed by atoms with Gasteiger partial charge < -0.3 is 15.5 Å². The predicted octanol–water partition coefficient (Wildman–Crippen LogP) is 1.98. The molecule has 5 nitrogen and oxygen atoms in total. The monoisotopic (exact) mass is 306 g/mol. The van der Waals surface area contributed by atoms with E-state index in [1.54, 1.807) is 43.5 Å². The lowest BCUT2D eigenvalue weighted by Gasteiger charge is -2.13. The van der Waals surface area contributed by atoms with Crippen molar-refractivity contribution in [2.75, 3.05) is 5.73 Å². The molecule has 112 valence electrons. The normalized spacial score (nSPS) is 13.6. The third kappa shape index (κ3) is 3.72. The molecule has 0 radical (unpaired) electrons. The Morgan fingerprint density at radius 1 is 1.43 bits per heavy atom. The Hall–Kier alpha value is -2.08. The van der Waals surface area contributed by atoms with E-state index < -0.39 is 16.0 Å². The molecular weight excluding hydrogens is 288 g/mol. The topological polar surface area (TPSA) is 85.3 Å². The predicted molar refractivity (Wildman–Crippen MR) is 82.0 cm³/mol. The summed E-state index contributed by atoms with van der Waals surface area (Å²) in [6.07, 6.45) is 1.54. The molecule has 1 amide bonds. The first-order valence-corrected chi connectivity index (χ1v) is 7.77. The third-order valence-corrected chi connectivity index (χ3v) is 4.87. The molecule has 0 aliphatic heterocycles. The van der Waals surface area contributed by atoms with Gasteiger partial charge in [-0.2, -0.15) is 0 Å². The minimum atomic E-state index is -1.42. The maximum atomic E-state index is 12.5. The van der Waals surface area contributed by atoms with E-state index in [1.807, 2.05) is 6.92 Å². The van der Waals surface area contributed by atoms with Gasteiger partial charge in [-0.05, 0) is 49.7 Å². The SMILES string of the molecule is Cc1cc(N)ccc1S(=O)C(C)C(=O)NCc1ccco1. The zero-order chi connectivity index (χ0) is 15.4. The summed E-state index contributed by atoms with van der Waals surface area (Å²) in [6.45, 7) is 3.76. The van der Waals surface area contributed by atoms with Crippen molar-refractivity contribution in [2.24, 2.45) is 0 Å². The Kier molecular flexibility index (Phi) is 4.80. The summed E-state index contributed by atoms with van der Waals surface area (Å²) < 4.78 is 17.6. The summed E-state index contributed by atoms with van der Waals surface area (Å²) in [5.74, 6) is 0.381.